The number of unbranched alkanes of at least 4 members (excludes halogenated alkanes) is 1. The first kappa shape index (κ1) is 19.1. The van der Waals surface area contributed by atoms with Gasteiger partial charge in [0.15, 0.2) is 0 Å². The van der Waals surface area contributed by atoms with Crippen molar-refractivity contribution >= 4 is 17.5 Å². The van der Waals surface area contributed by atoms with E-state index in [4.69, 9.17) is 11.6 Å². The van der Waals surface area contributed by atoms with Gasteiger partial charge in [0.25, 0.3) is 0 Å². The highest BCUT2D eigenvalue weighted by Gasteiger charge is 2.51. The lowest BCUT2D eigenvalue weighted by atomic mass is 9.97. The summed E-state index contributed by atoms with van der Waals surface area (Å²) in [5.41, 5.74) is 2.59. The summed E-state index contributed by atoms with van der Waals surface area (Å²) in [5.74, 6) is -0.365. The SMILES string of the molecule is CC1(C)CC(=O)NN1C(CCCCc1ccc(Cl)cc1)C(F)(F)F. The molecule has 0 bridgehead atoms. The van der Waals surface area contributed by atoms with Gasteiger partial charge in [-0.1, -0.05) is 30.2 Å². The summed E-state index contributed by atoms with van der Waals surface area (Å²) in [5, 5.41) is 1.72. The van der Waals surface area contributed by atoms with Crippen LogP contribution in [0.15, 0.2) is 24.3 Å². The number of rotatable bonds is 6. The Hall–Kier alpha value is -1.27. The van der Waals surface area contributed by atoms with Crippen molar-refractivity contribution in [2.24, 2.45) is 0 Å². The summed E-state index contributed by atoms with van der Waals surface area (Å²) >= 11 is 5.81. The van der Waals surface area contributed by atoms with Crippen LogP contribution >= 0.6 is 11.6 Å². The standard InChI is InChI=1S/C17H22ClF3N2O/c1-16(2)11-15(24)22-23(16)14(17(19,20)21)6-4-3-5-12-7-9-13(18)10-8-12/h7-10,14H,3-6,11H2,1-2H3,(H,22,24). The van der Waals surface area contributed by atoms with E-state index >= 15 is 0 Å². The fourth-order valence-electron chi connectivity index (χ4n) is 3.06. The zero-order valence-electron chi connectivity index (χ0n) is 13.8. The van der Waals surface area contributed by atoms with Crippen LogP contribution in [0.4, 0.5) is 13.2 Å². The maximum Gasteiger partial charge on any atom is 0.405 e. The van der Waals surface area contributed by atoms with Gasteiger partial charge in [-0.15, -0.1) is 0 Å². The molecule has 1 atom stereocenters. The number of nitrogens with one attached hydrogen (secondary N) is 1. The van der Waals surface area contributed by atoms with E-state index in [1.54, 1.807) is 26.0 Å². The van der Waals surface area contributed by atoms with Crippen molar-refractivity contribution in [3.8, 4) is 0 Å². The molecule has 1 heterocycles. The van der Waals surface area contributed by atoms with E-state index in [9.17, 15) is 18.0 Å². The number of halogens is 4. The average Bonchev–Trinajstić information content (AvgIpc) is 2.72. The maximum atomic E-state index is 13.4. The number of hydrogen-bond donors (Lipinski definition) is 1. The number of carbonyl (C=O) groups excluding carboxylic acids is 1. The third-order valence-corrected chi connectivity index (χ3v) is 4.54. The highest BCUT2D eigenvalue weighted by molar-refractivity contribution is 6.30. The Kier molecular flexibility index (Phi) is 5.81. The second-order valence-electron chi connectivity index (χ2n) is 6.82. The van der Waals surface area contributed by atoms with Gasteiger partial charge < -0.3 is 0 Å². The molecule has 24 heavy (non-hydrogen) atoms. The van der Waals surface area contributed by atoms with Gasteiger partial charge in [-0.05, 0) is 50.8 Å². The van der Waals surface area contributed by atoms with Gasteiger partial charge in [0.2, 0.25) is 5.91 Å². The Morgan fingerprint density at radius 1 is 1.25 bits per heavy atom. The normalized spacial score (nSPS) is 19.3. The molecule has 1 fully saturated rings. The average molecular weight is 363 g/mol. The van der Waals surface area contributed by atoms with Crippen LogP contribution in [0.1, 0.15) is 45.1 Å². The molecule has 3 nitrogen and oxygen atoms in total. The van der Waals surface area contributed by atoms with Crippen LogP contribution < -0.4 is 5.43 Å². The van der Waals surface area contributed by atoms with Crippen LogP contribution in [0, 0.1) is 0 Å². The second kappa shape index (κ2) is 7.31. The van der Waals surface area contributed by atoms with Crippen molar-refractivity contribution in [3.05, 3.63) is 34.9 Å². The van der Waals surface area contributed by atoms with E-state index in [1.807, 2.05) is 12.1 Å². The van der Waals surface area contributed by atoms with E-state index < -0.39 is 17.8 Å². The molecule has 134 valence electrons. The molecular weight excluding hydrogens is 341 g/mol. The molecule has 1 aromatic carbocycles. The Bertz CT molecular complexity index is 572. The van der Waals surface area contributed by atoms with Crippen LogP contribution in [0.3, 0.4) is 0 Å². The number of nitrogens with zero attached hydrogens (tertiary/aromatic N) is 1. The third-order valence-electron chi connectivity index (χ3n) is 4.29. The summed E-state index contributed by atoms with van der Waals surface area (Å²) < 4.78 is 40.3. The van der Waals surface area contributed by atoms with Crippen LogP contribution in [-0.2, 0) is 11.2 Å². The topological polar surface area (TPSA) is 32.3 Å². The minimum atomic E-state index is -4.38. The highest BCUT2D eigenvalue weighted by Crippen LogP contribution is 2.35. The lowest BCUT2D eigenvalue weighted by molar-refractivity contribution is -0.202. The van der Waals surface area contributed by atoms with Gasteiger partial charge in [-0.25, -0.2) is 5.01 Å². The number of alkyl halides is 3. The summed E-state index contributed by atoms with van der Waals surface area (Å²) in [6.45, 7) is 3.30. The molecule has 1 aliphatic heterocycles. The Morgan fingerprint density at radius 3 is 2.38 bits per heavy atom. The molecule has 0 spiro atoms. The van der Waals surface area contributed by atoms with Gasteiger partial charge in [0.05, 0.1) is 0 Å². The molecule has 0 radical (unpaired) electrons. The Balaban J connectivity index is 1.93. The first-order valence-corrected chi connectivity index (χ1v) is 8.37. The maximum absolute atomic E-state index is 13.4. The quantitative estimate of drug-likeness (QED) is 0.756. The van der Waals surface area contributed by atoms with Crippen molar-refractivity contribution in [2.75, 3.05) is 0 Å². The van der Waals surface area contributed by atoms with E-state index in [2.05, 4.69) is 5.43 Å². The number of benzene rings is 1. The first-order valence-electron chi connectivity index (χ1n) is 7.99. The van der Waals surface area contributed by atoms with Crippen molar-refractivity contribution in [2.45, 2.75) is 63.7 Å². The number of carbonyl (C=O) groups is 1. The van der Waals surface area contributed by atoms with Gasteiger partial charge in [0, 0.05) is 17.0 Å². The third kappa shape index (κ3) is 4.86. The summed E-state index contributed by atoms with van der Waals surface area (Å²) in [4.78, 5) is 11.5. The van der Waals surface area contributed by atoms with Crippen LogP contribution in [0.25, 0.3) is 0 Å². The second-order valence-corrected chi connectivity index (χ2v) is 7.26. The molecule has 7 heteroatoms. The summed E-state index contributed by atoms with van der Waals surface area (Å²) in [6.07, 6.45) is -2.57. The number of hydrogen-bond acceptors (Lipinski definition) is 2. The predicted octanol–water partition coefficient (Wildman–Crippen LogP) is 4.50. The first-order chi connectivity index (χ1) is 11.1. The Morgan fingerprint density at radius 2 is 1.88 bits per heavy atom. The predicted molar refractivity (Wildman–Crippen MR) is 87.5 cm³/mol. The van der Waals surface area contributed by atoms with Gasteiger partial charge in [-0.3, -0.25) is 10.2 Å². The lowest BCUT2D eigenvalue weighted by Crippen LogP contribution is -2.56. The summed E-state index contributed by atoms with van der Waals surface area (Å²) in [7, 11) is 0. The zero-order valence-corrected chi connectivity index (χ0v) is 14.5. The van der Waals surface area contributed by atoms with Crippen LogP contribution in [0.5, 0.6) is 0 Å². The monoisotopic (exact) mass is 362 g/mol. The van der Waals surface area contributed by atoms with Gasteiger partial charge in [0.1, 0.15) is 6.04 Å². The molecular formula is C17H22ClF3N2O. The van der Waals surface area contributed by atoms with Crippen molar-refractivity contribution in [1.82, 2.24) is 10.4 Å². The zero-order chi connectivity index (χ0) is 18.0. The molecule has 0 aromatic heterocycles. The Labute approximate surface area is 145 Å². The number of hydrazine groups is 1. The van der Waals surface area contributed by atoms with Gasteiger partial charge in [-0.2, -0.15) is 13.2 Å². The molecule has 1 N–H and O–H groups in total. The molecule has 1 aromatic rings. The smallest absolute Gasteiger partial charge is 0.288 e. The van der Waals surface area contributed by atoms with Crippen molar-refractivity contribution < 1.29 is 18.0 Å². The van der Waals surface area contributed by atoms with E-state index in [0.717, 1.165) is 10.6 Å². The minimum Gasteiger partial charge on any atom is -0.288 e. The van der Waals surface area contributed by atoms with Crippen LogP contribution in [-0.4, -0.2) is 28.7 Å². The molecule has 0 aliphatic carbocycles. The molecule has 0 saturated carbocycles. The molecule has 2 rings (SSSR count). The van der Waals surface area contributed by atoms with E-state index in [-0.39, 0.29) is 18.7 Å². The highest BCUT2D eigenvalue weighted by atomic mass is 35.5. The van der Waals surface area contributed by atoms with Gasteiger partial charge >= 0.3 is 6.18 Å². The fraction of sp³-hybridized carbons (Fsp3) is 0.588. The summed E-state index contributed by atoms with van der Waals surface area (Å²) in [6, 6.07) is 5.65. The number of aryl methyl sites for hydroxylation is 1. The largest absolute Gasteiger partial charge is 0.405 e. The van der Waals surface area contributed by atoms with E-state index in [0.29, 0.717) is 24.3 Å². The molecule has 1 aliphatic rings. The molecule has 1 unspecified atom stereocenters. The van der Waals surface area contributed by atoms with Crippen molar-refractivity contribution in [3.63, 3.8) is 0 Å². The minimum absolute atomic E-state index is 0.0409. The van der Waals surface area contributed by atoms with E-state index in [1.165, 1.54) is 0 Å². The van der Waals surface area contributed by atoms with Crippen molar-refractivity contribution in [1.29, 1.82) is 0 Å². The lowest BCUT2D eigenvalue weighted by Gasteiger charge is -2.37. The fourth-order valence-corrected chi connectivity index (χ4v) is 3.19. The molecule has 1 saturated heterocycles. The molecule has 1 amide bonds. The number of amides is 1. The van der Waals surface area contributed by atoms with Crippen LogP contribution in [0.2, 0.25) is 5.02 Å².